The predicted molar refractivity (Wildman–Crippen MR) is 83.0 cm³/mol. The second-order valence-electron chi connectivity index (χ2n) is 5.00. The maximum absolute atomic E-state index is 12.4. The molecule has 20 heavy (non-hydrogen) atoms. The van der Waals surface area contributed by atoms with E-state index in [2.05, 4.69) is 19.2 Å². The average molecular weight is 278 g/mol. The number of hydrogen-bond acceptors (Lipinski definition) is 3. The minimum Gasteiger partial charge on any atom is -0.491 e. The van der Waals surface area contributed by atoms with Gasteiger partial charge in [0.25, 0.3) is 5.91 Å². The average Bonchev–Trinajstić information content (AvgIpc) is 2.42. The molecule has 0 fully saturated rings. The first-order valence-electron chi connectivity index (χ1n) is 7.37. The van der Waals surface area contributed by atoms with Gasteiger partial charge in [-0.15, -0.1) is 0 Å². The van der Waals surface area contributed by atoms with E-state index in [1.807, 2.05) is 13.8 Å². The second kappa shape index (κ2) is 7.78. The zero-order valence-corrected chi connectivity index (χ0v) is 12.9. The Bertz CT molecular complexity index is 442. The van der Waals surface area contributed by atoms with E-state index >= 15 is 0 Å². The maximum Gasteiger partial charge on any atom is 0.255 e. The molecule has 1 atom stereocenters. The molecule has 3 N–H and O–H groups in total. The number of benzene rings is 1. The van der Waals surface area contributed by atoms with E-state index in [9.17, 15) is 4.79 Å². The van der Waals surface area contributed by atoms with Crippen LogP contribution in [-0.4, -0.2) is 18.6 Å². The SMILES string of the molecule is CCOc1c(N)cccc1C(=O)NC(C)C(CC)CC. The molecule has 112 valence electrons. The number of carbonyl (C=O) groups excluding carboxylic acids is 1. The van der Waals surface area contributed by atoms with Crippen molar-refractivity contribution in [2.75, 3.05) is 12.3 Å². The van der Waals surface area contributed by atoms with E-state index in [1.165, 1.54) is 0 Å². The van der Waals surface area contributed by atoms with Crippen molar-refractivity contribution >= 4 is 11.6 Å². The van der Waals surface area contributed by atoms with Gasteiger partial charge < -0.3 is 15.8 Å². The summed E-state index contributed by atoms with van der Waals surface area (Å²) in [6.45, 7) is 8.69. The first-order chi connectivity index (χ1) is 9.54. The van der Waals surface area contributed by atoms with Crippen LogP contribution in [0.1, 0.15) is 50.9 Å². The number of anilines is 1. The summed E-state index contributed by atoms with van der Waals surface area (Å²) < 4.78 is 5.50. The fourth-order valence-electron chi connectivity index (χ4n) is 2.44. The topological polar surface area (TPSA) is 64.3 Å². The van der Waals surface area contributed by atoms with E-state index < -0.39 is 0 Å². The van der Waals surface area contributed by atoms with Gasteiger partial charge in [-0.05, 0) is 31.9 Å². The standard InChI is InChI=1S/C16H26N2O2/c1-5-12(6-2)11(4)18-16(19)13-9-8-10-14(17)15(13)20-7-3/h8-12H,5-7,17H2,1-4H3,(H,18,19). The highest BCUT2D eigenvalue weighted by Crippen LogP contribution is 2.26. The molecule has 0 saturated carbocycles. The third-order valence-electron chi connectivity index (χ3n) is 3.69. The van der Waals surface area contributed by atoms with Crippen molar-refractivity contribution in [3.05, 3.63) is 23.8 Å². The highest BCUT2D eigenvalue weighted by atomic mass is 16.5. The number of nitrogens with one attached hydrogen (secondary N) is 1. The molecule has 1 amide bonds. The van der Waals surface area contributed by atoms with Crippen molar-refractivity contribution in [2.24, 2.45) is 5.92 Å². The van der Waals surface area contributed by atoms with Gasteiger partial charge in [-0.25, -0.2) is 0 Å². The van der Waals surface area contributed by atoms with Crippen LogP contribution < -0.4 is 15.8 Å². The van der Waals surface area contributed by atoms with Crippen LogP contribution in [0.15, 0.2) is 18.2 Å². The normalized spacial score (nSPS) is 12.2. The third kappa shape index (κ3) is 3.89. The molecule has 1 aromatic carbocycles. The van der Waals surface area contributed by atoms with E-state index in [-0.39, 0.29) is 11.9 Å². The number of carbonyl (C=O) groups is 1. The Labute approximate surface area is 121 Å². The number of ether oxygens (including phenoxy) is 1. The fourth-order valence-corrected chi connectivity index (χ4v) is 2.44. The Morgan fingerprint density at radius 2 is 1.95 bits per heavy atom. The van der Waals surface area contributed by atoms with Crippen molar-refractivity contribution in [3.8, 4) is 5.75 Å². The molecule has 0 aliphatic rings. The Balaban J connectivity index is 2.89. The number of rotatable bonds is 7. The molecule has 4 heteroatoms. The van der Waals surface area contributed by atoms with Crippen molar-refractivity contribution in [1.82, 2.24) is 5.32 Å². The number of amides is 1. The number of hydrogen-bond donors (Lipinski definition) is 2. The molecule has 0 radical (unpaired) electrons. The van der Waals surface area contributed by atoms with Crippen molar-refractivity contribution in [3.63, 3.8) is 0 Å². The monoisotopic (exact) mass is 278 g/mol. The zero-order chi connectivity index (χ0) is 15.1. The molecule has 0 heterocycles. The molecular weight excluding hydrogens is 252 g/mol. The number of nitrogen functional groups attached to an aromatic ring is 1. The molecule has 1 rings (SSSR count). The second-order valence-corrected chi connectivity index (χ2v) is 5.00. The van der Waals surface area contributed by atoms with Crippen LogP contribution >= 0.6 is 0 Å². The lowest BCUT2D eigenvalue weighted by Crippen LogP contribution is -2.38. The molecule has 1 unspecified atom stereocenters. The van der Waals surface area contributed by atoms with Crippen LogP contribution in [0.2, 0.25) is 0 Å². The largest absolute Gasteiger partial charge is 0.491 e. The fraction of sp³-hybridized carbons (Fsp3) is 0.562. The Morgan fingerprint density at radius 1 is 1.30 bits per heavy atom. The van der Waals surface area contributed by atoms with Gasteiger partial charge in [0.05, 0.1) is 17.9 Å². The van der Waals surface area contributed by atoms with E-state index in [0.717, 1.165) is 12.8 Å². The summed E-state index contributed by atoms with van der Waals surface area (Å²) in [7, 11) is 0. The first kappa shape index (κ1) is 16.3. The molecule has 0 spiro atoms. The van der Waals surface area contributed by atoms with E-state index in [0.29, 0.717) is 29.5 Å². The lowest BCUT2D eigenvalue weighted by molar-refractivity contribution is 0.0921. The van der Waals surface area contributed by atoms with Crippen LogP contribution in [0.25, 0.3) is 0 Å². The van der Waals surface area contributed by atoms with Gasteiger partial charge in [0, 0.05) is 6.04 Å². The van der Waals surface area contributed by atoms with Gasteiger partial charge in [-0.3, -0.25) is 4.79 Å². The van der Waals surface area contributed by atoms with Gasteiger partial charge in [0.2, 0.25) is 0 Å². The molecule has 0 aliphatic carbocycles. The van der Waals surface area contributed by atoms with Gasteiger partial charge in [0.1, 0.15) is 0 Å². The lowest BCUT2D eigenvalue weighted by atomic mass is 9.95. The predicted octanol–water partition coefficient (Wildman–Crippen LogP) is 3.22. The third-order valence-corrected chi connectivity index (χ3v) is 3.69. The van der Waals surface area contributed by atoms with Crippen molar-refractivity contribution in [2.45, 2.75) is 46.6 Å². The van der Waals surface area contributed by atoms with Crippen LogP contribution in [0.4, 0.5) is 5.69 Å². The lowest BCUT2D eigenvalue weighted by Gasteiger charge is -2.23. The van der Waals surface area contributed by atoms with Crippen LogP contribution in [-0.2, 0) is 0 Å². The molecule has 4 nitrogen and oxygen atoms in total. The van der Waals surface area contributed by atoms with Crippen LogP contribution in [0.3, 0.4) is 0 Å². The smallest absolute Gasteiger partial charge is 0.255 e. The van der Waals surface area contributed by atoms with Crippen molar-refractivity contribution < 1.29 is 9.53 Å². The maximum atomic E-state index is 12.4. The summed E-state index contributed by atoms with van der Waals surface area (Å²) >= 11 is 0. The summed E-state index contributed by atoms with van der Waals surface area (Å²) in [6.07, 6.45) is 2.10. The Hall–Kier alpha value is -1.71. The Morgan fingerprint density at radius 3 is 2.50 bits per heavy atom. The van der Waals surface area contributed by atoms with Crippen LogP contribution in [0, 0.1) is 5.92 Å². The quantitative estimate of drug-likeness (QED) is 0.753. The number of nitrogens with two attached hydrogens (primary N) is 1. The minimum absolute atomic E-state index is 0.125. The molecule has 0 bridgehead atoms. The summed E-state index contributed by atoms with van der Waals surface area (Å²) in [5, 5.41) is 3.05. The molecular formula is C16H26N2O2. The van der Waals surface area contributed by atoms with Gasteiger partial charge in [-0.2, -0.15) is 0 Å². The van der Waals surface area contributed by atoms with Gasteiger partial charge >= 0.3 is 0 Å². The molecule has 0 aromatic heterocycles. The van der Waals surface area contributed by atoms with Gasteiger partial charge in [0.15, 0.2) is 5.75 Å². The zero-order valence-electron chi connectivity index (χ0n) is 12.9. The van der Waals surface area contributed by atoms with Crippen molar-refractivity contribution in [1.29, 1.82) is 0 Å². The van der Waals surface area contributed by atoms with E-state index in [1.54, 1.807) is 18.2 Å². The summed E-state index contributed by atoms with van der Waals surface area (Å²) in [6, 6.07) is 5.39. The molecule has 0 aliphatic heterocycles. The van der Waals surface area contributed by atoms with E-state index in [4.69, 9.17) is 10.5 Å². The highest BCUT2D eigenvalue weighted by molar-refractivity contribution is 5.98. The first-order valence-corrected chi connectivity index (χ1v) is 7.37. The molecule has 1 aromatic rings. The Kier molecular flexibility index (Phi) is 6.36. The number of para-hydroxylation sites is 1. The summed E-state index contributed by atoms with van der Waals surface area (Å²) in [5.74, 6) is 0.833. The van der Waals surface area contributed by atoms with Crippen LogP contribution in [0.5, 0.6) is 5.75 Å². The summed E-state index contributed by atoms with van der Waals surface area (Å²) in [4.78, 5) is 12.4. The highest BCUT2D eigenvalue weighted by Gasteiger charge is 2.20. The minimum atomic E-state index is -0.125. The van der Waals surface area contributed by atoms with Gasteiger partial charge in [-0.1, -0.05) is 32.8 Å². The molecule has 0 saturated heterocycles. The summed E-state index contributed by atoms with van der Waals surface area (Å²) in [5.41, 5.74) is 6.88.